The number of carbonyl (C=O) groups excluding carboxylic acids is 1. The van der Waals surface area contributed by atoms with Gasteiger partial charge in [0.15, 0.2) is 0 Å². The summed E-state index contributed by atoms with van der Waals surface area (Å²) in [6, 6.07) is 13.7. The van der Waals surface area contributed by atoms with Gasteiger partial charge in [0, 0.05) is 22.5 Å². The molecule has 0 saturated carbocycles. The van der Waals surface area contributed by atoms with Gasteiger partial charge in [0.2, 0.25) is 0 Å². The number of aromatic nitrogens is 4. The number of hydrogen-bond donors (Lipinski definition) is 1. The van der Waals surface area contributed by atoms with Crippen LogP contribution in [0.4, 0.5) is 10.1 Å². The number of hydrogen-bond acceptors (Lipinski definition) is 3. The third-order valence-electron chi connectivity index (χ3n) is 4.86. The summed E-state index contributed by atoms with van der Waals surface area (Å²) in [6.45, 7) is 4.93. The minimum Gasteiger partial charge on any atom is -0.319 e. The third-order valence-corrected chi connectivity index (χ3v) is 5.22. The molecule has 6 nitrogen and oxygen atoms in total. The summed E-state index contributed by atoms with van der Waals surface area (Å²) in [5.74, 6) is -0.614. The Morgan fingerprint density at radius 2 is 1.97 bits per heavy atom. The number of carbonyl (C=O) groups is 1. The Balaban J connectivity index is 1.43. The number of anilines is 1. The van der Waals surface area contributed by atoms with Crippen molar-refractivity contribution in [3.8, 4) is 0 Å². The Morgan fingerprint density at radius 1 is 1.13 bits per heavy atom. The molecule has 0 radical (unpaired) electrons. The minimum absolute atomic E-state index is 0.227. The van der Waals surface area contributed by atoms with Crippen molar-refractivity contribution in [1.82, 2.24) is 19.6 Å². The molecule has 2 heterocycles. The van der Waals surface area contributed by atoms with E-state index in [0.29, 0.717) is 29.4 Å². The van der Waals surface area contributed by atoms with Gasteiger partial charge in [-0.1, -0.05) is 29.8 Å². The topological polar surface area (TPSA) is 64.7 Å². The van der Waals surface area contributed by atoms with Crippen LogP contribution in [0.3, 0.4) is 0 Å². The monoisotopic (exact) mass is 437 g/mol. The number of halogens is 2. The van der Waals surface area contributed by atoms with Crippen LogP contribution < -0.4 is 5.32 Å². The molecule has 0 aliphatic heterocycles. The van der Waals surface area contributed by atoms with Crippen molar-refractivity contribution in [3.05, 3.63) is 99.8 Å². The summed E-state index contributed by atoms with van der Waals surface area (Å²) in [6.07, 6.45) is 3.27. The molecule has 1 amide bonds. The molecule has 0 aliphatic carbocycles. The van der Waals surface area contributed by atoms with E-state index < -0.39 is 0 Å². The van der Waals surface area contributed by atoms with E-state index in [1.165, 1.54) is 12.1 Å². The van der Waals surface area contributed by atoms with E-state index in [2.05, 4.69) is 15.5 Å². The first-order chi connectivity index (χ1) is 14.9. The molecule has 4 aromatic rings. The van der Waals surface area contributed by atoms with Gasteiger partial charge >= 0.3 is 0 Å². The van der Waals surface area contributed by atoms with Gasteiger partial charge in [0.1, 0.15) is 5.82 Å². The van der Waals surface area contributed by atoms with Crippen LogP contribution in [0, 0.1) is 19.7 Å². The standard InChI is InChI=1S/C23H21ClFN5O/c1-15-8-16(2)30(28-15)12-17-4-3-5-18(9-17)23(31)27-21-11-26-29(14-21)13-19-6-7-20(25)10-22(19)24/h3-11,14H,12-13H2,1-2H3,(H,27,31). The Labute approximate surface area is 184 Å². The third kappa shape index (κ3) is 5.00. The molecular formula is C23H21ClFN5O. The molecule has 0 saturated heterocycles. The van der Waals surface area contributed by atoms with Crippen molar-refractivity contribution >= 4 is 23.2 Å². The maximum absolute atomic E-state index is 13.2. The first kappa shape index (κ1) is 20.8. The van der Waals surface area contributed by atoms with Crippen molar-refractivity contribution in [1.29, 1.82) is 0 Å². The van der Waals surface area contributed by atoms with Crippen LogP contribution in [-0.4, -0.2) is 25.5 Å². The lowest BCUT2D eigenvalue weighted by atomic mass is 10.1. The predicted octanol–water partition coefficient (Wildman–Crippen LogP) is 4.84. The molecule has 8 heteroatoms. The Morgan fingerprint density at radius 3 is 2.71 bits per heavy atom. The largest absolute Gasteiger partial charge is 0.319 e. The van der Waals surface area contributed by atoms with Crippen LogP contribution in [0.5, 0.6) is 0 Å². The number of benzene rings is 2. The van der Waals surface area contributed by atoms with Gasteiger partial charge in [0.05, 0.1) is 30.7 Å². The van der Waals surface area contributed by atoms with E-state index in [0.717, 1.165) is 22.5 Å². The number of nitrogens with one attached hydrogen (secondary N) is 1. The zero-order valence-corrected chi connectivity index (χ0v) is 17.9. The maximum atomic E-state index is 13.2. The van der Waals surface area contributed by atoms with E-state index in [9.17, 15) is 9.18 Å². The molecule has 31 heavy (non-hydrogen) atoms. The highest BCUT2D eigenvalue weighted by Gasteiger charge is 2.10. The Hall–Kier alpha value is -3.45. The molecule has 0 unspecified atom stereocenters. The summed E-state index contributed by atoms with van der Waals surface area (Å²) in [4.78, 5) is 12.7. The van der Waals surface area contributed by atoms with Gasteiger partial charge in [-0.3, -0.25) is 14.2 Å². The van der Waals surface area contributed by atoms with E-state index in [1.807, 2.05) is 42.8 Å². The van der Waals surface area contributed by atoms with Gasteiger partial charge in [-0.05, 0) is 55.3 Å². The van der Waals surface area contributed by atoms with Gasteiger partial charge in [-0.2, -0.15) is 10.2 Å². The fraction of sp³-hybridized carbons (Fsp3) is 0.174. The number of amides is 1. The fourth-order valence-electron chi connectivity index (χ4n) is 3.36. The zero-order chi connectivity index (χ0) is 22.0. The normalized spacial score (nSPS) is 11.0. The van der Waals surface area contributed by atoms with Gasteiger partial charge < -0.3 is 5.32 Å². The van der Waals surface area contributed by atoms with Crippen LogP contribution >= 0.6 is 11.6 Å². The van der Waals surface area contributed by atoms with E-state index in [4.69, 9.17) is 11.6 Å². The molecule has 0 spiro atoms. The lowest BCUT2D eigenvalue weighted by molar-refractivity contribution is 0.102. The van der Waals surface area contributed by atoms with Crippen molar-refractivity contribution in [3.63, 3.8) is 0 Å². The molecule has 0 fully saturated rings. The van der Waals surface area contributed by atoms with E-state index in [-0.39, 0.29) is 11.7 Å². The van der Waals surface area contributed by atoms with Gasteiger partial charge in [-0.25, -0.2) is 4.39 Å². The molecule has 2 aromatic heterocycles. The second-order valence-corrected chi connectivity index (χ2v) is 7.81. The highest BCUT2D eigenvalue weighted by molar-refractivity contribution is 6.31. The highest BCUT2D eigenvalue weighted by Crippen LogP contribution is 2.19. The zero-order valence-electron chi connectivity index (χ0n) is 17.1. The minimum atomic E-state index is -0.387. The second-order valence-electron chi connectivity index (χ2n) is 7.40. The summed E-state index contributed by atoms with van der Waals surface area (Å²) >= 11 is 6.08. The van der Waals surface area contributed by atoms with Gasteiger partial charge in [-0.15, -0.1) is 0 Å². The van der Waals surface area contributed by atoms with Crippen molar-refractivity contribution in [2.24, 2.45) is 0 Å². The Kier molecular flexibility index (Phi) is 5.86. The molecule has 1 N–H and O–H groups in total. The van der Waals surface area contributed by atoms with Crippen LogP contribution in [0.1, 0.15) is 32.9 Å². The van der Waals surface area contributed by atoms with Crippen LogP contribution in [0.2, 0.25) is 5.02 Å². The average molecular weight is 438 g/mol. The number of rotatable bonds is 6. The fourth-order valence-corrected chi connectivity index (χ4v) is 3.59. The molecule has 0 atom stereocenters. The Bertz CT molecular complexity index is 1250. The summed E-state index contributed by atoms with van der Waals surface area (Å²) in [5, 5.41) is 11.9. The SMILES string of the molecule is Cc1cc(C)n(Cc2cccc(C(=O)Nc3cnn(Cc4ccc(F)cc4Cl)c3)c2)n1. The van der Waals surface area contributed by atoms with Crippen LogP contribution in [0.25, 0.3) is 0 Å². The summed E-state index contributed by atoms with van der Waals surface area (Å²) in [5.41, 5.74) is 4.87. The molecule has 158 valence electrons. The van der Waals surface area contributed by atoms with E-state index >= 15 is 0 Å². The number of aryl methyl sites for hydroxylation is 2. The molecule has 0 bridgehead atoms. The summed E-state index contributed by atoms with van der Waals surface area (Å²) < 4.78 is 16.8. The van der Waals surface area contributed by atoms with E-state index in [1.54, 1.807) is 29.2 Å². The lowest BCUT2D eigenvalue weighted by Gasteiger charge is -2.08. The first-order valence-corrected chi connectivity index (χ1v) is 10.1. The molecule has 0 aliphatic rings. The first-order valence-electron chi connectivity index (χ1n) is 9.75. The van der Waals surface area contributed by atoms with Crippen LogP contribution in [0.15, 0.2) is 60.9 Å². The lowest BCUT2D eigenvalue weighted by Crippen LogP contribution is -2.12. The molecule has 4 rings (SSSR count). The molecule has 2 aromatic carbocycles. The number of nitrogens with zero attached hydrogens (tertiary/aromatic N) is 4. The van der Waals surface area contributed by atoms with Gasteiger partial charge in [0.25, 0.3) is 5.91 Å². The van der Waals surface area contributed by atoms with Crippen LogP contribution in [-0.2, 0) is 13.1 Å². The average Bonchev–Trinajstić information content (AvgIpc) is 3.29. The van der Waals surface area contributed by atoms with Crippen molar-refractivity contribution in [2.45, 2.75) is 26.9 Å². The smallest absolute Gasteiger partial charge is 0.255 e. The molecular weight excluding hydrogens is 417 g/mol. The van der Waals surface area contributed by atoms with Crippen molar-refractivity contribution < 1.29 is 9.18 Å². The highest BCUT2D eigenvalue weighted by atomic mass is 35.5. The quantitative estimate of drug-likeness (QED) is 0.469. The summed E-state index contributed by atoms with van der Waals surface area (Å²) in [7, 11) is 0. The van der Waals surface area contributed by atoms with Crippen molar-refractivity contribution in [2.75, 3.05) is 5.32 Å². The maximum Gasteiger partial charge on any atom is 0.255 e. The second kappa shape index (κ2) is 8.73. The predicted molar refractivity (Wildman–Crippen MR) is 118 cm³/mol.